The van der Waals surface area contributed by atoms with Crippen LogP contribution in [-0.4, -0.2) is 38.3 Å². The van der Waals surface area contributed by atoms with Crippen molar-refractivity contribution in [3.63, 3.8) is 0 Å². The fraction of sp³-hybridized carbons (Fsp3) is 0.533. The summed E-state index contributed by atoms with van der Waals surface area (Å²) in [6, 6.07) is 5.72. The maximum Gasteiger partial charge on any atom is 0.251 e. The van der Waals surface area contributed by atoms with Gasteiger partial charge < -0.3 is 15.4 Å². The molecule has 1 aliphatic rings. The van der Waals surface area contributed by atoms with Gasteiger partial charge in [-0.2, -0.15) is 0 Å². The van der Waals surface area contributed by atoms with Gasteiger partial charge in [-0.25, -0.2) is 0 Å². The van der Waals surface area contributed by atoms with E-state index in [0.29, 0.717) is 18.7 Å². The van der Waals surface area contributed by atoms with E-state index in [1.165, 1.54) is 0 Å². The summed E-state index contributed by atoms with van der Waals surface area (Å²) in [4.78, 5) is 12.3. The molecule has 0 aromatic heterocycles. The molecule has 0 bridgehead atoms. The molecule has 1 aromatic carbocycles. The van der Waals surface area contributed by atoms with E-state index in [1.807, 2.05) is 25.1 Å². The third-order valence-corrected chi connectivity index (χ3v) is 4.10. The van der Waals surface area contributed by atoms with Crippen molar-refractivity contribution in [3.05, 3.63) is 33.8 Å². The van der Waals surface area contributed by atoms with Crippen molar-refractivity contribution in [1.29, 1.82) is 0 Å². The summed E-state index contributed by atoms with van der Waals surface area (Å²) >= 11 is 3.42. The van der Waals surface area contributed by atoms with E-state index in [4.69, 9.17) is 4.74 Å². The van der Waals surface area contributed by atoms with Crippen LogP contribution < -0.4 is 10.6 Å². The molecule has 2 N–H and O–H groups in total. The van der Waals surface area contributed by atoms with Crippen LogP contribution in [0, 0.1) is 6.92 Å². The zero-order valence-corrected chi connectivity index (χ0v) is 13.5. The van der Waals surface area contributed by atoms with Gasteiger partial charge in [0, 0.05) is 23.7 Å². The highest BCUT2D eigenvalue weighted by Gasteiger charge is 2.33. The first kappa shape index (κ1) is 15.5. The lowest BCUT2D eigenvalue weighted by Gasteiger charge is -2.29. The molecule has 0 radical (unpaired) electrons. The van der Waals surface area contributed by atoms with Crippen LogP contribution in [0.25, 0.3) is 0 Å². The summed E-state index contributed by atoms with van der Waals surface area (Å²) in [6.45, 7) is 4.16. The van der Waals surface area contributed by atoms with Crippen molar-refractivity contribution in [2.45, 2.75) is 25.3 Å². The number of nitrogens with one attached hydrogen (secondary N) is 2. The molecule has 0 saturated carbocycles. The Morgan fingerprint density at radius 2 is 2.30 bits per heavy atom. The number of ether oxygens (including phenoxy) is 1. The highest BCUT2D eigenvalue weighted by Crippen LogP contribution is 2.19. The van der Waals surface area contributed by atoms with E-state index in [9.17, 15) is 4.79 Å². The number of benzene rings is 1. The lowest BCUT2D eigenvalue weighted by molar-refractivity contribution is 0.0892. The average Bonchev–Trinajstić information content (AvgIpc) is 2.84. The second kappa shape index (κ2) is 6.70. The topological polar surface area (TPSA) is 50.4 Å². The van der Waals surface area contributed by atoms with Gasteiger partial charge in [0.15, 0.2) is 0 Å². The van der Waals surface area contributed by atoms with Crippen molar-refractivity contribution < 1.29 is 9.53 Å². The smallest absolute Gasteiger partial charge is 0.251 e. The molecule has 1 atom stereocenters. The SMILES string of the molecule is COCC1(CNC(=O)c2cc(C)cc(Br)c2)CCCN1. The van der Waals surface area contributed by atoms with E-state index in [-0.39, 0.29) is 11.4 Å². The first-order chi connectivity index (χ1) is 9.54. The summed E-state index contributed by atoms with van der Waals surface area (Å²) < 4.78 is 6.21. The van der Waals surface area contributed by atoms with Gasteiger partial charge in [0.1, 0.15) is 0 Å². The van der Waals surface area contributed by atoms with Crippen LogP contribution in [0.3, 0.4) is 0 Å². The third-order valence-electron chi connectivity index (χ3n) is 3.64. The van der Waals surface area contributed by atoms with E-state index in [0.717, 1.165) is 29.4 Å². The number of amides is 1. The maximum atomic E-state index is 12.3. The Kier molecular flexibility index (Phi) is 5.18. The molecule has 0 spiro atoms. The second-order valence-electron chi connectivity index (χ2n) is 5.44. The minimum atomic E-state index is -0.120. The zero-order chi connectivity index (χ0) is 14.6. The van der Waals surface area contributed by atoms with Gasteiger partial charge in [-0.05, 0) is 50.1 Å². The fourth-order valence-electron chi connectivity index (χ4n) is 2.69. The molecular formula is C15H21BrN2O2. The number of aryl methyl sites for hydroxylation is 1. The molecule has 20 heavy (non-hydrogen) atoms. The molecular weight excluding hydrogens is 320 g/mol. The Labute approximate surface area is 128 Å². The standard InChI is InChI=1S/C15H21BrN2O2/c1-11-6-12(8-13(16)7-11)14(19)17-9-15(10-20-2)4-3-5-18-15/h6-8,18H,3-5,9-10H2,1-2H3,(H,17,19). The van der Waals surface area contributed by atoms with Crippen LogP contribution in [0.15, 0.2) is 22.7 Å². The fourth-order valence-corrected chi connectivity index (χ4v) is 3.30. The summed E-state index contributed by atoms with van der Waals surface area (Å²) in [5.74, 6) is -0.0430. The van der Waals surface area contributed by atoms with Crippen molar-refractivity contribution >= 4 is 21.8 Å². The largest absolute Gasteiger partial charge is 0.383 e. The number of methoxy groups -OCH3 is 1. The molecule has 1 unspecified atom stereocenters. The summed E-state index contributed by atoms with van der Waals surface area (Å²) in [6.07, 6.45) is 2.15. The van der Waals surface area contributed by atoms with Gasteiger partial charge in [0.2, 0.25) is 0 Å². The number of carbonyl (C=O) groups excluding carboxylic acids is 1. The number of rotatable bonds is 5. The molecule has 1 heterocycles. The number of hydrogen-bond acceptors (Lipinski definition) is 3. The summed E-state index contributed by atoms with van der Waals surface area (Å²) in [5, 5.41) is 6.47. The first-order valence-electron chi connectivity index (χ1n) is 6.84. The Morgan fingerprint density at radius 1 is 1.50 bits per heavy atom. The molecule has 0 aliphatic carbocycles. The minimum absolute atomic E-state index is 0.0430. The van der Waals surface area contributed by atoms with Crippen LogP contribution in [0.5, 0.6) is 0 Å². The third kappa shape index (κ3) is 3.81. The van der Waals surface area contributed by atoms with Gasteiger partial charge in [-0.1, -0.05) is 15.9 Å². The monoisotopic (exact) mass is 340 g/mol. The van der Waals surface area contributed by atoms with Crippen molar-refractivity contribution in [3.8, 4) is 0 Å². The van der Waals surface area contributed by atoms with Gasteiger partial charge >= 0.3 is 0 Å². The van der Waals surface area contributed by atoms with E-state index in [1.54, 1.807) is 7.11 Å². The van der Waals surface area contributed by atoms with Crippen molar-refractivity contribution in [2.75, 3.05) is 26.8 Å². The van der Waals surface area contributed by atoms with Gasteiger partial charge in [0.05, 0.1) is 12.1 Å². The van der Waals surface area contributed by atoms with Crippen LogP contribution in [0.1, 0.15) is 28.8 Å². The predicted molar refractivity (Wildman–Crippen MR) is 83.1 cm³/mol. The molecule has 5 heteroatoms. The molecule has 1 fully saturated rings. The van der Waals surface area contributed by atoms with E-state index >= 15 is 0 Å². The van der Waals surface area contributed by atoms with Gasteiger partial charge in [0.25, 0.3) is 5.91 Å². The van der Waals surface area contributed by atoms with Crippen molar-refractivity contribution in [2.24, 2.45) is 0 Å². The predicted octanol–water partition coefficient (Wildman–Crippen LogP) is 2.26. The normalized spacial score (nSPS) is 21.9. The van der Waals surface area contributed by atoms with Crippen LogP contribution in [0.2, 0.25) is 0 Å². The highest BCUT2D eigenvalue weighted by molar-refractivity contribution is 9.10. The molecule has 4 nitrogen and oxygen atoms in total. The molecule has 1 aromatic rings. The van der Waals surface area contributed by atoms with Crippen LogP contribution in [0.4, 0.5) is 0 Å². The number of halogens is 1. The van der Waals surface area contributed by atoms with Gasteiger partial charge in [-0.3, -0.25) is 4.79 Å². The molecule has 1 aliphatic heterocycles. The molecule has 110 valence electrons. The Morgan fingerprint density at radius 3 is 2.90 bits per heavy atom. The minimum Gasteiger partial charge on any atom is -0.383 e. The molecule has 1 saturated heterocycles. The van der Waals surface area contributed by atoms with Crippen molar-refractivity contribution in [1.82, 2.24) is 10.6 Å². The Hall–Kier alpha value is -0.910. The Bertz CT molecular complexity index is 465. The summed E-state index contributed by atoms with van der Waals surface area (Å²) in [5.41, 5.74) is 1.63. The van der Waals surface area contributed by atoms with Gasteiger partial charge in [-0.15, -0.1) is 0 Å². The quantitative estimate of drug-likeness (QED) is 0.864. The second-order valence-corrected chi connectivity index (χ2v) is 6.36. The lowest BCUT2D eigenvalue weighted by Crippen LogP contribution is -2.53. The molecule has 2 rings (SSSR count). The molecule has 1 amide bonds. The van der Waals surface area contributed by atoms with E-state index in [2.05, 4.69) is 26.6 Å². The maximum absolute atomic E-state index is 12.3. The number of carbonyl (C=O) groups is 1. The summed E-state index contributed by atoms with van der Waals surface area (Å²) in [7, 11) is 1.70. The average molecular weight is 341 g/mol. The van der Waals surface area contributed by atoms with E-state index < -0.39 is 0 Å². The Balaban J connectivity index is 2.00. The van der Waals surface area contributed by atoms with Crippen LogP contribution in [-0.2, 0) is 4.74 Å². The first-order valence-corrected chi connectivity index (χ1v) is 7.63. The zero-order valence-electron chi connectivity index (χ0n) is 12.0. The van der Waals surface area contributed by atoms with Crippen LogP contribution >= 0.6 is 15.9 Å². The lowest BCUT2D eigenvalue weighted by atomic mass is 9.98. The highest BCUT2D eigenvalue weighted by atomic mass is 79.9. The number of hydrogen-bond donors (Lipinski definition) is 2.